The largest absolute Gasteiger partial charge is 0.399 e. The van der Waals surface area contributed by atoms with Gasteiger partial charge in [-0.1, -0.05) is 0 Å². The molecule has 1 atom stereocenters. The van der Waals surface area contributed by atoms with Crippen molar-refractivity contribution >= 4 is 17.3 Å². The summed E-state index contributed by atoms with van der Waals surface area (Å²) in [7, 11) is 3.87. The minimum absolute atomic E-state index is 0.0998. The Kier molecular flexibility index (Phi) is 6.15. The van der Waals surface area contributed by atoms with Gasteiger partial charge in [0.15, 0.2) is 0 Å². The van der Waals surface area contributed by atoms with Gasteiger partial charge in [-0.15, -0.1) is 0 Å². The Bertz CT molecular complexity index is 582. The van der Waals surface area contributed by atoms with E-state index in [1.54, 1.807) is 0 Å². The number of nitrogens with zero attached hydrogens (tertiary/aromatic N) is 2. The van der Waals surface area contributed by atoms with Gasteiger partial charge >= 0.3 is 0 Å². The average Bonchev–Trinajstić information content (AvgIpc) is 2.48. The van der Waals surface area contributed by atoms with Gasteiger partial charge in [0.1, 0.15) is 5.82 Å². The summed E-state index contributed by atoms with van der Waals surface area (Å²) in [4.78, 5) is 16.1. The number of anilines is 2. The van der Waals surface area contributed by atoms with Crippen LogP contribution in [0.5, 0.6) is 0 Å². The Morgan fingerprint density at radius 2 is 2.25 bits per heavy atom. The van der Waals surface area contributed by atoms with Crippen LogP contribution in [0.2, 0.25) is 0 Å². The smallest absolute Gasteiger partial charge is 0.225 e. The third-order valence-corrected chi connectivity index (χ3v) is 4.16. The lowest BCUT2D eigenvalue weighted by Crippen LogP contribution is -2.53. The molecule has 1 fully saturated rings. The van der Waals surface area contributed by atoms with Crippen molar-refractivity contribution in [1.82, 2.24) is 9.80 Å². The second kappa shape index (κ2) is 7.92. The van der Waals surface area contributed by atoms with Gasteiger partial charge in [-0.25, -0.2) is 4.39 Å². The average molecular weight is 338 g/mol. The molecule has 1 heterocycles. The highest BCUT2D eigenvalue weighted by Crippen LogP contribution is 2.22. The van der Waals surface area contributed by atoms with Gasteiger partial charge in [0, 0.05) is 31.7 Å². The summed E-state index contributed by atoms with van der Waals surface area (Å²) < 4.78 is 13.6. The highest BCUT2D eigenvalue weighted by molar-refractivity contribution is 5.91. The third-order valence-electron chi connectivity index (χ3n) is 4.16. The summed E-state index contributed by atoms with van der Waals surface area (Å²) in [5.74, 6) is -0.767. The molecule has 24 heavy (non-hydrogen) atoms. The monoisotopic (exact) mass is 338 g/mol. The van der Waals surface area contributed by atoms with Crippen molar-refractivity contribution < 1.29 is 14.3 Å². The molecule has 1 aromatic carbocycles. The van der Waals surface area contributed by atoms with Crippen molar-refractivity contribution in [3.63, 3.8) is 0 Å². The second-order valence-corrected chi connectivity index (χ2v) is 6.88. The number of amides is 1. The molecule has 1 aliphatic heterocycles. The Balaban J connectivity index is 1.84. The first-order chi connectivity index (χ1) is 11.3. The molecule has 1 unspecified atom stereocenters. The Morgan fingerprint density at radius 1 is 1.50 bits per heavy atom. The van der Waals surface area contributed by atoms with Crippen molar-refractivity contribution in [3.8, 4) is 0 Å². The standard InChI is InChI=1S/C17H27FN4O2/c1-21(2)11-17(24)7-3-8-22(12-17)9-6-16(23)20-15-10-13(19)4-5-14(15)18/h4-5,10,24H,3,6-9,11-12,19H2,1-2H3,(H,20,23). The number of halogens is 1. The molecule has 7 heteroatoms. The molecule has 4 N–H and O–H groups in total. The number of aliphatic hydroxyl groups is 1. The highest BCUT2D eigenvalue weighted by atomic mass is 19.1. The van der Waals surface area contributed by atoms with E-state index in [9.17, 15) is 14.3 Å². The fourth-order valence-corrected chi connectivity index (χ4v) is 3.23. The van der Waals surface area contributed by atoms with E-state index in [4.69, 9.17) is 5.73 Å². The van der Waals surface area contributed by atoms with Crippen molar-refractivity contribution in [3.05, 3.63) is 24.0 Å². The van der Waals surface area contributed by atoms with Gasteiger partial charge in [0.2, 0.25) is 5.91 Å². The minimum Gasteiger partial charge on any atom is -0.399 e. The fourth-order valence-electron chi connectivity index (χ4n) is 3.23. The zero-order valence-corrected chi connectivity index (χ0v) is 14.4. The van der Waals surface area contributed by atoms with E-state index in [-0.39, 0.29) is 18.0 Å². The second-order valence-electron chi connectivity index (χ2n) is 6.88. The lowest BCUT2D eigenvalue weighted by atomic mass is 9.92. The summed E-state index contributed by atoms with van der Waals surface area (Å²) in [5.41, 5.74) is 5.37. The van der Waals surface area contributed by atoms with Crippen LogP contribution in [0.1, 0.15) is 19.3 Å². The fraction of sp³-hybridized carbons (Fsp3) is 0.588. The molecule has 0 bridgehead atoms. The van der Waals surface area contributed by atoms with Crippen molar-refractivity contribution in [2.45, 2.75) is 24.9 Å². The highest BCUT2D eigenvalue weighted by Gasteiger charge is 2.33. The van der Waals surface area contributed by atoms with Crippen LogP contribution in [0.25, 0.3) is 0 Å². The maximum atomic E-state index is 13.6. The van der Waals surface area contributed by atoms with Crippen molar-refractivity contribution in [1.29, 1.82) is 0 Å². The molecule has 6 nitrogen and oxygen atoms in total. The Morgan fingerprint density at radius 3 is 2.96 bits per heavy atom. The number of likely N-dealkylation sites (N-methyl/N-ethyl adjacent to an activating group) is 1. The predicted octanol–water partition coefficient (Wildman–Crippen LogP) is 1.13. The molecule has 0 spiro atoms. The Hall–Kier alpha value is -1.70. The van der Waals surface area contributed by atoms with Crippen LogP contribution in [0, 0.1) is 5.82 Å². The number of β-amino-alcohol motifs (C(OH)–C–C–N with tert-alkyl or cyclic N) is 1. The summed E-state index contributed by atoms with van der Waals surface area (Å²) in [6, 6.07) is 4.09. The lowest BCUT2D eigenvalue weighted by molar-refractivity contribution is -0.117. The first-order valence-electron chi connectivity index (χ1n) is 8.22. The number of nitrogens with one attached hydrogen (secondary N) is 1. The van der Waals surface area contributed by atoms with E-state index in [1.807, 2.05) is 19.0 Å². The molecule has 134 valence electrons. The normalized spacial score (nSPS) is 21.9. The van der Waals surface area contributed by atoms with Gasteiger partial charge in [0.25, 0.3) is 0 Å². The van der Waals surface area contributed by atoms with Crippen LogP contribution in [0.4, 0.5) is 15.8 Å². The van der Waals surface area contributed by atoms with Gasteiger partial charge in [-0.3, -0.25) is 9.69 Å². The quantitative estimate of drug-likeness (QED) is 0.677. The predicted molar refractivity (Wildman–Crippen MR) is 93.2 cm³/mol. The minimum atomic E-state index is -0.738. The van der Waals surface area contributed by atoms with Gasteiger partial charge in [-0.05, 0) is 51.7 Å². The summed E-state index contributed by atoms with van der Waals surface area (Å²) >= 11 is 0. The molecule has 1 saturated heterocycles. The van der Waals surface area contributed by atoms with Gasteiger partial charge in [-0.2, -0.15) is 0 Å². The number of rotatable bonds is 6. The molecular weight excluding hydrogens is 311 g/mol. The number of carbonyl (C=O) groups is 1. The zero-order valence-electron chi connectivity index (χ0n) is 14.4. The van der Waals surface area contributed by atoms with E-state index >= 15 is 0 Å². The number of carbonyl (C=O) groups excluding carboxylic acids is 1. The number of nitrogen functional groups attached to an aromatic ring is 1. The number of nitrogens with two attached hydrogens (primary N) is 1. The molecule has 0 aliphatic carbocycles. The zero-order chi connectivity index (χ0) is 17.7. The maximum absolute atomic E-state index is 13.6. The van der Waals surface area contributed by atoms with Crippen LogP contribution in [-0.2, 0) is 4.79 Å². The lowest BCUT2D eigenvalue weighted by Gasteiger charge is -2.40. The van der Waals surface area contributed by atoms with Gasteiger partial charge in [0.05, 0.1) is 11.3 Å². The molecule has 2 rings (SSSR count). The first-order valence-corrected chi connectivity index (χ1v) is 8.22. The van der Waals surface area contributed by atoms with Crippen LogP contribution < -0.4 is 11.1 Å². The molecule has 1 aliphatic rings. The first kappa shape index (κ1) is 18.6. The molecule has 0 aromatic heterocycles. The van der Waals surface area contributed by atoms with Gasteiger partial charge < -0.3 is 21.1 Å². The SMILES string of the molecule is CN(C)CC1(O)CCCN(CCC(=O)Nc2cc(N)ccc2F)C1. The van der Waals surface area contributed by atoms with E-state index < -0.39 is 11.4 Å². The van der Waals surface area contributed by atoms with Crippen LogP contribution >= 0.6 is 0 Å². The number of benzene rings is 1. The molecule has 1 aromatic rings. The summed E-state index contributed by atoms with van der Waals surface area (Å²) in [6.45, 7) is 2.54. The van der Waals surface area contributed by atoms with E-state index in [1.165, 1.54) is 18.2 Å². The number of hydrogen-bond donors (Lipinski definition) is 3. The Labute approximate surface area is 142 Å². The van der Waals surface area contributed by atoms with Crippen LogP contribution in [0.15, 0.2) is 18.2 Å². The molecular formula is C17H27FN4O2. The number of hydrogen-bond acceptors (Lipinski definition) is 5. The molecule has 0 saturated carbocycles. The van der Waals surface area contributed by atoms with E-state index in [2.05, 4.69) is 10.2 Å². The maximum Gasteiger partial charge on any atom is 0.225 e. The number of piperidine rings is 1. The van der Waals surface area contributed by atoms with Crippen molar-refractivity contribution in [2.24, 2.45) is 0 Å². The van der Waals surface area contributed by atoms with E-state index in [0.29, 0.717) is 25.3 Å². The van der Waals surface area contributed by atoms with Crippen molar-refractivity contribution in [2.75, 3.05) is 51.3 Å². The van der Waals surface area contributed by atoms with Crippen LogP contribution in [0.3, 0.4) is 0 Å². The third kappa shape index (κ3) is 5.43. The topological polar surface area (TPSA) is 81.8 Å². The summed E-state index contributed by atoms with van der Waals surface area (Å²) in [6.07, 6.45) is 1.91. The molecule has 0 radical (unpaired) electrons. The molecule has 1 amide bonds. The summed E-state index contributed by atoms with van der Waals surface area (Å²) in [5, 5.41) is 13.2. The van der Waals surface area contributed by atoms with Crippen LogP contribution in [-0.4, -0.2) is 66.7 Å². The number of likely N-dealkylation sites (tertiary alicyclic amines) is 1. The van der Waals surface area contributed by atoms with E-state index in [0.717, 1.165) is 19.4 Å².